The van der Waals surface area contributed by atoms with E-state index in [9.17, 15) is 9.90 Å². The summed E-state index contributed by atoms with van der Waals surface area (Å²) in [7, 11) is 0. The molecule has 1 fully saturated rings. The van der Waals surface area contributed by atoms with Crippen LogP contribution in [0.1, 0.15) is 47.0 Å². The van der Waals surface area contributed by atoms with E-state index < -0.39 is 11.7 Å². The van der Waals surface area contributed by atoms with Gasteiger partial charge in [0, 0.05) is 18.6 Å². The average molecular weight is 273 g/mol. The summed E-state index contributed by atoms with van der Waals surface area (Å²) in [6.07, 6.45) is 2.60. The molecule has 0 bridgehead atoms. The molecule has 1 aliphatic rings. The molecule has 0 aromatic heterocycles. The zero-order chi connectivity index (χ0) is 14.5. The molecule has 0 spiro atoms. The maximum atomic E-state index is 11.6. The van der Waals surface area contributed by atoms with Gasteiger partial charge in [-0.05, 0) is 40.0 Å². The van der Waals surface area contributed by atoms with Crippen LogP contribution in [0.5, 0.6) is 0 Å². The molecule has 2 N–H and O–H groups in total. The number of aliphatic hydroxyl groups is 1. The third kappa shape index (κ3) is 6.25. The van der Waals surface area contributed by atoms with Gasteiger partial charge in [0.25, 0.3) is 0 Å². The number of hydrogen-bond acceptors (Lipinski definition) is 4. The second-order valence-electron chi connectivity index (χ2n) is 6.66. The quantitative estimate of drug-likeness (QED) is 0.804. The molecule has 1 amide bonds. The summed E-state index contributed by atoms with van der Waals surface area (Å²) in [5.41, 5.74) is -0.875. The molecule has 1 heterocycles. The highest BCUT2D eigenvalue weighted by molar-refractivity contribution is 5.67. The van der Waals surface area contributed by atoms with Crippen molar-refractivity contribution < 1.29 is 19.4 Å². The molecule has 5 heteroatoms. The first-order valence-corrected chi connectivity index (χ1v) is 6.93. The van der Waals surface area contributed by atoms with Gasteiger partial charge in [0.05, 0.1) is 12.7 Å². The van der Waals surface area contributed by atoms with Gasteiger partial charge in [-0.25, -0.2) is 4.79 Å². The molecule has 0 aromatic rings. The molecule has 0 saturated carbocycles. The molecule has 2 unspecified atom stereocenters. The van der Waals surface area contributed by atoms with Gasteiger partial charge in [-0.2, -0.15) is 0 Å². The maximum absolute atomic E-state index is 11.6. The Bertz CT molecular complexity index is 294. The highest BCUT2D eigenvalue weighted by Gasteiger charge is 2.31. The highest BCUT2D eigenvalue weighted by Crippen LogP contribution is 2.28. The lowest BCUT2D eigenvalue weighted by molar-refractivity contribution is 0.0292. The van der Waals surface area contributed by atoms with E-state index in [1.165, 1.54) is 0 Å². The Morgan fingerprint density at radius 2 is 2.11 bits per heavy atom. The highest BCUT2D eigenvalue weighted by atomic mass is 16.6. The smallest absolute Gasteiger partial charge is 0.407 e. The minimum absolute atomic E-state index is 0.0165. The van der Waals surface area contributed by atoms with Crippen molar-refractivity contribution in [1.29, 1.82) is 0 Å². The predicted molar refractivity (Wildman–Crippen MR) is 73.0 cm³/mol. The molecule has 5 nitrogen and oxygen atoms in total. The van der Waals surface area contributed by atoms with Crippen molar-refractivity contribution in [1.82, 2.24) is 5.32 Å². The van der Waals surface area contributed by atoms with Gasteiger partial charge in [0.1, 0.15) is 5.60 Å². The largest absolute Gasteiger partial charge is 0.444 e. The fourth-order valence-corrected chi connectivity index (χ4v) is 2.15. The van der Waals surface area contributed by atoms with Crippen LogP contribution < -0.4 is 5.32 Å². The maximum Gasteiger partial charge on any atom is 0.407 e. The Balaban J connectivity index is 2.39. The fraction of sp³-hybridized carbons (Fsp3) is 0.929. The van der Waals surface area contributed by atoms with Gasteiger partial charge in [-0.1, -0.05) is 6.92 Å². The third-order valence-electron chi connectivity index (χ3n) is 3.18. The molecular weight excluding hydrogens is 246 g/mol. The summed E-state index contributed by atoms with van der Waals surface area (Å²) in [5, 5.41) is 12.3. The van der Waals surface area contributed by atoms with Crippen LogP contribution in [-0.4, -0.2) is 42.7 Å². The van der Waals surface area contributed by atoms with E-state index in [1.54, 1.807) is 0 Å². The van der Waals surface area contributed by atoms with Crippen LogP contribution in [0.15, 0.2) is 0 Å². The van der Waals surface area contributed by atoms with Gasteiger partial charge in [-0.3, -0.25) is 0 Å². The van der Waals surface area contributed by atoms with Crippen LogP contribution in [0.3, 0.4) is 0 Å². The SMILES string of the molecule is CC(CO)(CNC(=O)OC(C)(C)C)CC1CCCO1. The summed E-state index contributed by atoms with van der Waals surface area (Å²) in [5.74, 6) is 0. The summed E-state index contributed by atoms with van der Waals surface area (Å²) in [4.78, 5) is 11.6. The Morgan fingerprint density at radius 3 is 2.58 bits per heavy atom. The number of rotatable bonds is 5. The minimum atomic E-state index is -0.506. The van der Waals surface area contributed by atoms with Gasteiger partial charge >= 0.3 is 6.09 Å². The van der Waals surface area contributed by atoms with Crippen molar-refractivity contribution >= 4 is 6.09 Å². The van der Waals surface area contributed by atoms with E-state index in [-0.39, 0.29) is 18.1 Å². The van der Waals surface area contributed by atoms with Crippen LogP contribution in [0, 0.1) is 5.41 Å². The Hall–Kier alpha value is -0.810. The summed E-state index contributed by atoms with van der Waals surface area (Å²) >= 11 is 0. The van der Waals surface area contributed by atoms with E-state index in [0.717, 1.165) is 25.9 Å². The first-order valence-electron chi connectivity index (χ1n) is 6.93. The summed E-state index contributed by atoms with van der Waals surface area (Å²) < 4.78 is 10.8. The molecule has 19 heavy (non-hydrogen) atoms. The van der Waals surface area contributed by atoms with Crippen molar-refractivity contribution in [2.24, 2.45) is 5.41 Å². The van der Waals surface area contributed by atoms with E-state index in [2.05, 4.69) is 5.32 Å². The van der Waals surface area contributed by atoms with E-state index in [4.69, 9.17) is 9.47 Å². The normalized spacial score (nSPS) is 22.9. The predicted octanol–water partition coefficient (Wildman–Crippen LogP) is 2.08. The van der Waals surface area contributed by atoms with Crippen molar-refractivity contribution in [2.45, 2.75) is 58.7 Å². The number of amides is 1. The average Bonchev–Trinajstić information content (AvgIpc) is 2.77. The Kier molecular flexibility index (Phi) is 5.62. The third-order valence-corrected chi connectivity index (χ3v) is 3.18. The van der Waals surface area contributed by atoms with Crippen LogP contribution in [0.4, 0.5) is 4.79 Å². The molecule has 112 valence electrons. The van der Waals surface area contributed by atoms with Gasteiger partial charge in [-0.15, -0.1) is 0 Å². The standard InChI is InChI=1S/C14H27NO4/c1-13(2,3)19-12(17)15-9-14(4,10-16)8-11-6-5-7-18-11/h11,16H,5-10H2,1-4H3,(H,15,17). The number of nitrogens with one attached hydrogen (secondary N) is 1. The lowest BCUT2D eigenvalue weighted by atomic mass is 9.84. The van der Waals surface area contributed by atoms with Crippen LogP contribution in [0.2, 0.25) is 0 Å². The summed E-state index contributed by atoms with van der Waals surface area (Å²) in [6, 6.07) is 0. The number of carbonyl (C=O) groups is 1. The van der Waals surface area contributed by atoms with E-state index in [0.29, 0.717) is 6.54 Å². The number of carbonyl (C=O) groups excluding carboxylic acids is 1. The van der Waals surface area contributed by atoms with Gasteiger partial charge in [0.2, 0.25) is 0 Å². The second-order valence-corrected chi connectivity index (χ2v) is 6.66. The van der Waals surface area contributed by atoms with Crippen molar-refractivity contribution in [3.63, 3.8) is 0 Å². The van der Waals surface area contributed by atoms with Gasteiger partial charge < -0.3 is 19.9 Å². The van der Waals surface area contributed by atoms with Gasteiger partial charge in [0.15, 0.2) is 0 Å². The Labute approximate surface area is 115 Å². The minimum Gasteiger partial charge on any atom is -0.444 e. The summed E-state index contributed by atoms with van der Waals surface area (Å²) in [6.45, 7) is 8.62. The molecule has 2 atom stereocenters. The van der Waals surface area contributed by atoms with Crippen molar-refractivity contribution in [2.75, 3.05) is 19.8 Å². The number of hydrogen-bond donors (Lipinski definition) is 2. The monoisotopic (exact) mass is 273 g/mol. The van der Waals surface area contributed by atoms with Crippen LogP contribution in [-0.2, 0) is 9.47 Å². The molecule has 1 rings (SSSR count). The molecular formula is C14H27NO4. The first kappa shape index (κ1) is 16.2. The fourth-order valence-electron chi connectivity index (χ4n) is 2.15. The van der Waals surface area contributed by atoms with Crippen molar-refractivity contribution in [3.8, 4) is 0 Å². The number of aliphatic hydroxyl groups excluding tert-OH is 1. The number of ether oxygens (including phenoxy) is 2. The topological polar surface area (TPSA) is 67.8 Å². The van der Waals surface area contributed by atoms with Crippen LogP contribution in [0.25, 0.3) is 0 Å². The molecule has 1 saturated heterocycles. The van der Waals surface area contributed by atoms with E-state index in [1.807, 2.05) is 27.7 Å². The second kappa shape index (κ2) is 6.57. The zero-order valence-corrected chi connectivity index (χ0v) is 12.5. The molecule has 0 radical (unpaired) electrons. The molecule has 0 aromatic carbocycles. The molecule has 0 aliphatic carbocycles. The molecule has 1 aliphatic heterocycles. The lowest BCUT2D eigenvalue weighted by Gasteiger charge is -2.30. The van der Waals surface area contributed by atoms with Crippen LogP contribution >= 0.6 is 0 Å². The zero-order valence-electron chi connectivity index (χ0n) is 12.5. The van der Waals surface area contributed by atoms with E-state index >= 15 is 0 Å². The Morgan fingerprint density at radius 1 is 1.42 bits per heavy atom. The first-order chi connectivity index (χ1) is 8.74. The lowest BCUT2D eigenvalue weighted by Crippen LogP contribution is -2.42. The van der Waals surface area contributed by atoms with Crippen molar-refractivity contribution in [3.05, 3.63) is 0 Å². The number of alkyl carbamates (subject to hydrolysis) is 1.